The van der Waals surface area contributed by atoms with Crippen molar-refractivity contribution >= 4 is 10.1 Å². The molecule has 0 fully saturated rings. The summed E-state index contributed by atoms with van der Waals surface area (Å²) < 4.78 is 25.3. The van der Waals surface area contributed by atoms with Crippen molar-refractivity contribution in [3.63, 3.8) is 0 Å². The summed E-state index contributed by atoms with van der Waals surface area (Å²) in [6.45, 7) is -1.26. The van der Waals surface area contributed by atoms with Crippen LogP contribution in [0.1, 0.15) is 0 Å². The lowest BCUT2D eigenvalue weighted by Crippen LogP contribution is -2.29. The van der Waals surface area contributed by atoms with Crippen LogP contribution in [0.2, 0.25) is 0 Å². The minimum atomic E-state index is -3.76. The van der Waals surface area contributed by atoms with Crippen molar-refractivity contribution in [3.8, 4) is 0 Å². The molecule has 0 heterocycles. The summed E-state index contributed by atoms with van der Waals surface area (Å²) in [5.74, 6) is 0. The van der Waals surface area contributed by atoms with E-state index in [-0.39, 0.29) is 0 Å². The van der Waals surface area contributed by atoms with Gasteiger partial charge in [-0.05, 0) is 0 Å². The molecule has 0 aromatic rings. The van der Waals surface area contributed by atoms with Gasteiger partial charge < -0.3 is 10.2 Å². The molecule has 0 bridgehead atoms. The Morgan fingerprint density at radius 1 is 1.40 bits per heavy atom. The Balaban J connectivity index is 4.28. The van der Waals surface area contributed by atoms with Crippen molar-refractivity contribution in [1.29, 1.82) is 0 Å². The summed E-state index contributed by atoms with van der Waals surface area (Å²) in [4.78, 5) is 0. The van der Waals surface area contributed by atoms with Crippen molar-refractivity contribution in [1.82, 2.24) is 0 Å². The molecule has 0 unspecified atom stereocenters. The third-order valence-electron chi connectivity index (χ3n) is 1.05. The number of hydrogen-bond acceptors (Lipinski definition) is 5. The molecule has 5 nitrogen and oxygen atoms in total. The van der Waals surface area contributed by atoms with E-state index in [1.54, 1.807) is 0 Å². The summed E-state index contributed by atoms with van der Waals surface area (Å²) in [7, 11) is -2.78. The number of hydrogen-bond donors (Lipinski definition) is 2. The molecule has 10 heavy (non-hydrogen) atoms. The Labute approximate surface area is 59.4 Å². The Morgan fingerprint density at radius 3 is 1.90 bits per heavy atom. The first-order valence-corrected chi connectivity index (χ1v) is 4.06. The van der Waals surface area contributed by atoms with Gasteiger partial charge in [0.25, 0.3) is 10.1 Å². The zero-order valence-electron chi connectivity index (χ0n) is 5.52. The van der Waals surface area contributed by atoms with Gasteiger partial charge in [0.05, 0.1) is 20.3 Å². The van der Waals surface area contributed by atoms with E-state index in [9.17, 15) is 8.42 Å². The predicted octanol–water partition coefficient (Wildman–Crippen LogP) is -1.68. The molecule has 0 aliphatic rings. The zero-order chi connectivity index (χ0) is 8.20. The van der Waals surface area contributed by atoms with E-state index in [4.69, 9.17) is 10.2 Å². The van der Waals surface area contributed by atoms with Crippen LogP contribution < -0.4 is 0 Å². The molecule has 6 heteroatoms. The van der Waals surface area contributed by atoms with Crippen molar-refractivity contribution in [2.24, 2.45) is 0 Å². The van der Waals surface area contributed by atoms with Crippen molar-refractivity contribution < 1.29 is 22.8 Å². The number of rotatable bonds is 4. The van der Waals surface area contributed by atoms with Crippen LogP contribution in [0, 0.1) is 0 Å². The second-order valence-corrected chi connectivity index (χ2v) is 3.63. The lowest BCUT2D eigenvalue weighted by Gasteiger charge is -2.08. The average molecular weight is 170 g/mol. The first-order valence-electron chi connectivity index (χ1n) is 2.59. The fraction of sp³-hybridized carbons (Fsp3) is 1.00. The highest BCUT2D eigenvalue weighted by Gasteiger charge is 2.22. The highest BCUT2D eigenvalue weighted by molar-refractivity contribution is 7.87. The van der Waals surface area contributed by atoms with E-state index >= 15 is 0 Å². The van der Waals surface area contributed by atoms with Gasteiger partial charge in [0, 0.05) is 0 Å². The maximum atomic E-state index is 10.6. The second-order valence-electron chi connectivity index (χ2n) is 1.65. The van der Waals surface area contributed by atoms with Gasteiger partial charge in [-0.15, -0.1) is 0 Å². The molecule has 0 rings (SSSR count). The Morgan fingerprint density at radius 2 is 1.80 bits per heavy atom. The molecule has 0 atom stereocenters. The normalized spacial score (nSPS) is 12.4. The Bertz CT molecular complexity index is 168. The Hall–Kier alpha value is -0.170. The first kappa shape index (κ1) is 9.83. The van der Waals surface area contributed by atoms with E-state index in [0.717, 1.165) is 7.11 Å². The number of aliphatic hydroxyl groups excluding tert-OH is 2. The van der Waals surface area contributed by atoms with Crippen LogP contribution in [0.5, 0.6) is 0 Å². The summed E-state index contributed by atoms with van der Waals surface area (Å²) in [5.41, 5.74) is 0. The van der Waals surface area contributed by atoms with E-state index in [1.165, 1.54) is 0 Å². The van der Waals surface area contributed by atoms with E-state index in [0.29, 0.717) is 0 Å². The molecular formula is C4H10O5S. The van der Waals surface area contributed by atoms with Crippen LogP contribution in [-0.4, -0.2) is 44.2 Å². The third-order valence-corrected chi connectivity index (χ3v) is 2.63. The monoisotopic (exact) mass is 170 g/mol. The summed E-state index contributed by atoms with van der Waals surface area (Å²) in [5, 5.41) is 15.5. The summed E-state index contributed by atoms with van der Waals surface area (Å²) in [6, 6.07) is 0. The van der Waals surface area contributed by atoms with Gasteiger partial charge in [-0.2, -0.15) is 8.42 Å². The first-order chi connectivity index (χ1) is 4.58. The molecule has 2 N–H and O–H groups in total. The highest BCUT2D eigenvalue weighted by atomic mass is 32.2. The molecule has 0 spiro atoms. The minimum Gasteiger partial charge on any atom is -0.395 e. The Kier molecular flexibility index (Phi) is 3.80. The summed E-state index contributed by atoms with van der Waals surface area (Å²) in [6.07, 6.45) is 0. The maximum absolute atomic E-state index is 10.6. The molecule has 0 aliphatic heterocycles. The molecule has 62 valence electrons. The van der Waals surface area contributed by atoms with E-state index in [2.05, 4.69) is 4.18 Å². The molecule has 0 aromatic carbocycles. The second kappa shape index (κ2) is 3.87. The molecule has 0 aliphatic carbocycles. The average Bonchev–Trinajstić information content (AvgIpc) is 1.90. The lowest BCUT2D eigenvalue weighted by atomic mass is 10.5. The van der Waals surface area contributed by atoms with Gasteiger partial charge >= 0.3 is 0 Å². The van der Waals surface area contributed by atoms with Gasteiger partial charge in [0.1, 0.15) is 5.25 Å². The largest absolute Gasteiger partial charge is 0.395 e. The van der Waals surface area contributed by atoms with Gasteiger partial charge in [-0.3, -0.25) is 4.18 Å². The molecule has 0 radical (unpaired) electrons. The topological polar surface area (TPSA) is 83.8 Å². The molecule has 0 saturated heterocycles. The van der Waals surface area contributed by atoms with E-state index in [1.807, 2.05) is 0 Å². The third kappa shape index (κ3) is 2.22. The van der Waals surface area contributed by atoms with Gasteiger partial charge in [-0.25, -0.2) is 0 Å². The summed E-state index contributed by atoms with van der Waals surface area (Å²) >= 11 is 0. The van der Waals surface area contributed by atoms with E-state index < -0.39 is 28.6 Å². The quantitative estimate of drug-likeness (QED) is 0.492. The molecular weight excluding hydrogens is 160 g/mol. The molecule has 0 amide bonds. The highest BCUT2D eigenvalue weighted by Crippen LogP contribution is 2.00. The fourth-order valence-electron chi connectivity index (χ4n) is 0.376. The van der Waals surface area contributed by atoms with Crippen LogP contribution in [0.4, 0.5) is 0 Å². The van der Waals surface area contributed by atoms with Crippen LogP contribution in [0.25, 0.3) is 0 Å². The van der Waals surface area contributed by atoms with Crippen LogP contribution in [-0.2, 0) is 14.3 Å². The predicted molar refractivity (Wildman–Crippen MR) is 33.9 cm³/mol. The zero-order valence-corrected chi connectivity index (χ0v) is 6.34. The van der Waals surface area contributed by atoms with Crippen LogP contribution in [0.3, 0.4) is 0 Å². The van der Waals surface area contributed by atoms with Crippen molar-refractivity contribution in [3.05, 3.63) is 0 Å². The van der Waals surface area contributed by atoms with Gasteiger partial charge in [0.2, 0.25) is 0 Å². The minimum absolute atomic E-state index is 0.632. The van der Waals surface area contributed by atoms with Crippen molar-refractivity contribution in [2.75, 3.05) is 20.3 Å². The smallest absolute Gasteiger partial charge is 0.274 e. The lowest BCUT2D eigenvalue weighted by molar-refractivity contribution is 0.214. The fourth-order valence-corrected chi connectivity index (χ4v) is 1.01. The standard InChI is InChI=1S/C4H10O5S/c1-9-10(7,8)4(2-5)3-6/h4-6H,2-3H2,1H3. The number of aliphatic hydroxyl groups is 2. The molecule has 0 saturated carbocycles. The van der Waals surface area contributed by atoms with Crippen LogP contribution >= 0.6 is 0 Å². The maximum Gasteiger partial charge on any atom is 0.274 e. The van der Waals surface area contributed by atoms with Crippen molar-refractivity contribution in [2.45, 2.75) is 5.25 Å². The molecule has 0 aromatic heterocycles. The van der Waals surface area contributed by atoms with Gasteiger partial charge in [0.15, 0.2) is 0 Å². The van der Waals surface area contributed by atoms with Crippen LogP contribution in [0.15, 0.2) is 0 Å². The van der Waals surface area contributed by atoms with Gasteiger partial charge in [-0.1, -0.05) is 0 Å². The SMILES string of the molecule is COS(=O)(=O)C(CO)CO.